The van der Waals surface area contributed by atoms with Crippen molar-refractivity contribution in [3.63, 3.8) is 0 Å². The number of carbonyl (C=O) groups is 1. The summed E-state index contributed by atoms with van der Waals surface area (Å²) in [6.45, 7) is 1.58. The average Bonchev–Trinajstić information content (AvgIpc) is 2.76. The molecular weight excluding hydrogens is 382 g/mol. The highest BCUT2D eigenvalue weighted by Crippen LogP contribution is 2.38. The minimum absolute atomic E-state index is 0.239. The molecule has 0 amide bonds. The molecule has 3 rings (SSSR count). The van der Waals surface area contributed by atoms with Crippen LogP contribution in [0.3, 0.4) is 0 Å². The minimum Gasteiger partial charge on any atom is -0.497 e. The van der Waals surface area contributed by atoms with Crippen molar-refractivity contribution < 1.29 is 24.1 Å². The number of benzene rings is 3. The molecular formula is C24H29NO5. The Kier molecular flexibility index (Phi) is 7.36. The standard InChI is InChI=1S/C24H29NO5/c1-28-18-8-9-19-17(15-25-10-6-4-5-7-24(26)27)11-16-12-22(29-2)23(30-3)14-20(16)21(19)13-18/h8-9,11-14,25H,4-7,10,15H2,1-3H3,(H,26,27). The monoisotopic (exact) mass is 411 g/mol. The Labute approximate surface area is 176 Å². The Bertz CT molecular complexity index is 1030. The van der Waals surface area contributed by atoms with Crippen molar-refractivity contribution in [1.29, 1.82) is 0 Å². The van der Waals surface area contributed by atoms with Gasteiger partial charge in [0.25, 0.3) is 0 Å². The van der Waals surface area contributed by atoms with E-state index >= 15 is 0 Å². The van der Waals surface area contributed by atoms with Gasteiger partial charge in [-0.25, -0.2) is 0 Å². The minimum atomic E-state index is -0.729. The predicted octanol–water partition coefficient (Wildman–Crippen LogP) is 4.75. The molecule has 0 saturated carbocycles. The summed E-state index contributed by atoms with van der Waals surface area (Å²) in [5.41, 5.74) is 1.19. The highest BCUT2D eigenvalue weighted by molar-refractivity contribution is 6.10. The molecule has 0 unspecified atom stereocenters. The van der Waals surface area contributed by atoms with Gasteiger partial charge in [0.15, 0.2) is 11.5 Å². The third-order valence-corrected chi connectivity index (χ3v) is 5.31. The number of aliphatic carboxylic acids is 1. The number of carboxylic acids is 1. The largest absolute Gasteiger partial charge is 0.497 e. The molecule has 0 saturated heterocycles. The molecule has 0 atom stereocenters. The van der Waals surface area contributed by atoms with Gasteiger partial charge in [0.2, 0.25) is 0 Å². The first kappa shape index (κ1) is 21.7. The lowest BCUT2D eigenvalue weighted by atomic mass is 9.96. The van der Waals surface area contributed by atoms with Crippen molar-refractivity contribution in [2.24, 2.45) is 0 Å². The zero-order valence-corrected chi connectivity index (χ0v) is 17.8. The lowest BCUT2D eigenvalue weighted by Crippen LogP contribution is -2.15. The van der Waals surface area contributed by atoms with Gasteiger partial charge in [-0.05, 0) is 76.8 Å². The SMILES string of the molecule is COc1ccc2c(CNCCCCCC(=O)O)cc3cc(OC)c(OC)cc3c2c1. The fourth-order valence-electron chi connectivity index (χ4n) is 3.74. The van der Waals surface area contributed by atoms with Gasteiger partial charge in [0.05, 0.1) is 21.3 Å². The predicted molar refractivity (Wildman–Crippen MR) is 119 cm³/mol. The fraction of sp³-hybridized carbons (Fsp3) is 0.375. The third-order valence-electron chi connectivity index (χ3n) is 5.31. The normalized spacial score (nSPS) is 11.0. The van der Waals surface area contributed by atoms with E-state index in [-0.39, 0.29) is 6.42 Å². The van der Waals surface area contributed by atoms with Crippen LogP contribution in [0.1, 0.15) is 31.2 Å². The fourth-order valence-corrected chi connectivity index (χ4v) is 3.74. The molecule has 0 spiro atoms. The quantitative estimate of drug-likeness (QED) is 0.350. The van der Waals surface area contributed by atoms with Gasteiger partial charge >= 0.3 is 5.97 Å². The molecule has 0 heterocycles. The Hall–Kier alpha value is -2.99. The zero-order valence-electron chi connectivity index (χ0n) is 17.8. The Morgan fingerprint density at radius 3 is 2.33 bits per heavy atom. The summed E-state index contributed by atoms with van der Waals surface area (Å²) >= 11 is 0. The second-order valence-corrected chi connectivity index (χ2v) is 7.26. The van der Waals surface area contributed by atoms with Crippen LogP contribution in [-0.2, 0) is 11.3 Å². The van der Waals surface area contributed by atoms with E-state index in [1.54, 1.807) is 21.3 Å². The smallest absolute Gasteiger partial charge is 0.303 e. The van der Waals surface area contributed by atoms with Crippen molar-refractivity contribution in [2.75, 3.05) is 27.9 Å². The maximum Gasteiger partial charge on any atom is 0.303 e. The molecule has 160 valence electrons. The van der Waals surface area contributed by atoms with E-state index in [1.807, 2.05) is 18.2 Å². The molecule has 6 nitrogen and oxygen atoms in total. The highest BCUT2D eigenvalue weighted by atomic mass is 16.5. The van der Waals surface area contributed by atoms with E-state index in [0.717, 1.165) is 59.6 Å². The van der Waals surface area contributed by atoms with Crippen molar-refractivity contribution in [2.45, 2.75) is 32.2 Å². The molecule has 0 aliphatic carbocycles. The van der Waals surface area contributed by atoms with Gasteiger partial charge in [-0.1, -0.05) is 12.5 Å². The number of unbranched alkanes of at least 4 members (excludes halogenated alkanes) is 2. The second-order valence-electron chi connectivity index (χ2n) is 7.26. The number of hydrogen-bond donors (Lipinski definition) is 2. The molecule has 2 N–H and O–H groups in total. The molecule has 0 radical (unpaired) electrons. The number of nitrogens with one attached hydrogen (secondary N) is 1. The molecule has 0 aliphatic rings. The Morgan fingerprint density at radius 1 is 0.867 bits per heavy atom. The molecule has 3 aromatic carbocycles. The van der Waals surface area contributed by atoms with Crippen LogP contribution < -0.4 is 19.5 Å². The summed E-state index contributed by atoms with van der Waals surface area (Å²) in [7, 11) is 4.95. The number of ether oxygens (including phenoxy) is 3. The Balaban J connectivity index is 1.88. The van der Waals surface area contributed by atoms with E-state index in [0.29, 0.717) is 11.5 Å². The van der Waals surface area contributed by atoms with E-state index in [9.17, 15) is 4.79 Å². The number of carboxylic acid groups (broad SMARTS) is 1. The van der Waals surface area contributed by atoms with Crippen LogP contribution in [0.2, 0.25) is 0 Å². The van der Waals surface area contributed by atoms with E-state index < -0.39 is 5.97 Å². The first-order chi connectivity index (χ1) is 14.6. The van der Waals surface area contributed by atoms with Gasteiger partial charge < -0.3 is 24.6 Å². The molecule has 0 fully saturated rings. The first-order valence-electron chi connectivity index (χ1n) is 10.1. The van der Waals surface area contributed by atoms with Gasteiger partial charge in [-0.2, -0.15) is 0 Å². The lowest BCUT2D eigenvalue weighted by Gasteiger charge is -2.15. The van der Waals surface area contributed by atoms with Crippen LogP contribution in [0.4, 0.5) is 0 Å². The van der Waals surface area contributed by atoms with Gasteiger partial charge in [-0.3, -0.25) is 4.79 Å². The molecule has 0 bridgehead atoms. The maximum atomic E-state index is 10.6. The number of fused-ring (bicyclic) bond motifs is 3. The van der Waals surface area contributed by atoms with E-state index in [2.05, 4.69) is 23.5 Å². The topological polar surface area (TPSA) is 77.0 Å². The van der Waals surface area contributed by atoms with Crippen LogP contribution in [-0.4, -0.2) is 38.9 Å². The van der Waals surface area contributed by atoms with Crippen molar-refractivity contribution >= 4 is 27.5 Å². The van der Waals surface area contributed by atoms with Crippen molar-refractivity contribution in [3.05, 3.63) is 42.0 Å². The van der Waals surface area contributed by atoms with Gasteiger partial charge in [0.1, 0.15) is 5.75 Å². The van der Waals surface area contributed by atoms with Crippen molar-refractivity contribution in [1.82, 2.24) is 5.32 Å². The summed E-state index contributed by atoms with van der Waals surface area (Å²) < 4.78 is 16.4. The van der Waals surface area contributed by atoms with Gasteiger partial charge in [-0.15, -0.1) is 0 Å². The number of rotatable bonds is 11. The van der Waals surface area contributed by atoms with Gasteiger partial charge in [0, 0.05) is 13.0 Å². The lowest BCUT2D eigenvalue weighted by molar-refractivity contribution is -0.137. The van der Waals surface area contributed by atoms with Crippen LogP contribution in [0, 0.1) is 0 Å². The summed E-state index contributed by atoms with van der Waals surface area (Å²) in [5, 5.41) is 16.6. The molecule has 30 heavy (non-hydrogen) atoms. The maximum absolute atomic E-state index is 10.6. The van der Waals surface area contributed by atoms with Crippen LogP contribution in [0.5, 0.6) is 17.2 Å². The van der Waals surface area contributed by atoms with Crippen molar-refractivity contribution in [3.8, 4) is 17.2 Å². The zero-order chi connectivity index (χ0) is 21.5. The third kappa shape index (κ3) is 4.94. The summed E-state index contributed by atoms with van der Waals surface area (Å²) in [5.74, 6) is 1.47. The number of methoxy groups -OCH3 is 3. The summed E-state index contributed by atoms with van der Waals surface area (Å²) in [6.07, 6.45) is 2.82. The highest BCUT2D eigenvalue weighted by Gasteiger charge is 2.12. The molecule has 0 aromatic heterocycles. The summed E-state index contributed by atoms with van der Waals surface area (Å²) in [6, 6.07) is 12.3. The average molecular weight is 411 g/mol. The van der Waals surface area contributed by atoms with E-state index in [4.69, 9.17) is 19.3 Å². The Morgan fingerprint density at radius 2 is 1.63 bits per heavy atom. The van der Waals surface area contributed by atoms with Crippen LogP contribution >= 0.6 is 0 Å². The van der Waals surface area contributed by atoms with Crippen LogP contribution in [0.15, 0.2) is 36.4 Å². The molecule has 3 aromatic rings. The van der Waals surface area contributed by atoms with Crippen LogP contribution in [0.25, 0.3) is 21.5 Å². The van der Waals surface area contributed by atoms with E-state index in [1.165, 1.54) is 5.56 Å². The first-order valence-corrected chi connectivity index (χ1v) is 10.1. The second kappa shape index (κ2) is 10.2. The summed E-state index contributed by atoms with van der Waals surface area (Å²) in [4.78, 5) is 10.6. The molecule has 0 aliphatic heterocycles. The number of hydrogen-bond acceptors (Lipinski definition) is 5. The molecule has 6 heteroatoms.